The van der Waals surface area contributed by atoms with Gasteiger partial charge in [-0.2, -0.15) is 18.4 Å². The Balaban J connectivity index is 4.22. The van der Waals surface area contributed by atoms with Crippen LogP contribution in [0.2, 0.25) is 0 Å². The van der Waals surface area contributed by atoms with Crippen LogP contribution in [0.4, 0.5) is 13.2 Å². The molecule has 14 heavy (non-hydrogen) atoms. The first-order valence-corrected chi connectivity index (χ1v) is 4.19. The highest BCUT2D eigenvalue weighted by molar-refractivity contribution is 4.80. The monoisotopic (exact) mass is 210 g/mol. The van der Waals surface area contributed by atoms with Gasteiger partial charge in [0.2, 0.25) is 0 Å². The average molecular weight is 210 g/mol. The number of nitrogens with zero attached hydrogens (tertiary/aromatic N) is 2. The fourth-order valence-corrected chi connectivity index (χ4v) is 1.08. The van der Waals surface area contributed by atoms with Gasteiger partial charge in [-0.15, -0.1) is 0 Å². The van der Waals surface area contributed by atoms with Crippen molar-refractivity contribution in [2.75, 3.05) is 19.7 Å². The van der Waals surface area contributed by atoms with E-state index in [0.29, 0.717) is 0 Å². The predicted octanol–water partition coefficient (Wildman–Crippen LogP) is 1.15. The van der Waals surface area contributed by atoms with Crippen LogP contribution in [0, 0.1) is 11.3 Å². The summed E-state index contributed by atoms with van der Waals surface area (Å²) in [7, 11) is 0. The van der Waals surface area contributed by atoms with Gasteiger partial charge in [0, 0.05) is 12.6 Å². The number of hydrogen-bond donors (Lipinski definition) is 1. The minimum atomic E-state index is -4.29. The molecule has 0 fully saturated rings. The maximum Gasteiger partial charge on any atom is 0.401 e. The SMILES string of the molecule is CC(CC#N)N(CCO)CC(F)(F)F. The number of nitriles is 1. The molecule has 1 unspecified atom stereocenters. The number of halogens is 3. The summed E-state index contributed by atoms with van der Waals surface area (Å²) in [6.45, 7) is 0.0369. The maximum atomic E-state index is 12.0. The van der Waals surface area contributed by atoms with Crippen LogP contribution < -0.4 is 0 Å². The van der Waals surface area contributed by atoms with Crippen LogP contribution in [0.25, 0.3) is 0 Å². The van der Waals surface area contributed by atoms with E-state index in [1.807, 2.05) is 0 Å². The second-order valence-corrected chi connectivity index (χ2v) is 3.02. The van der Waals surface area contributed by atoms with Crippen LogP contribution in [0.1, 0.15) is 13.3 Å². The van der Waals surface area contributed by atoms with E-state index in [9.17, 15) is 13.2 Å². The van der Waals surface area contributed by atoms with Crippen LogP contribution in [0.15, 0.2) is 0 Å². The molecule has 0 aromatic heterocycles. The standard InChI is InChI=1S/C8H13F3N2O/c1-7(2-3-12)13(4-5-14)6-8(9,10)11/h7,14H,2,4-6H2,1H3. The zero-order valence-electron chi connectivity index (χ0n) is 7.88. The molecular formula is C8H13F3N2O. The van der Waals surface area contributed by atoms with Crippen LogP contribution in [-0.2, 0) is 0 Å². The summed E-state index contributed by atoms with van der Waals surface area (Å²) < 4.78 is 36.1. The molecule has 0 saturated heterocycles. The number of alkyl halides is 3. The molecule has 0 aliphatic carbocycles. The van der Waals surface area contributed by atoms with Crippen molar-refractivity contribution in [1.82, 2.24) is 4.90 Å². The first-order valence-electron chi connectivity index (χ1n) is 4.19. The predicted molar refractivity (Wildman–Crippen MR) is 44.4 cm³/mol. The normalized spacial score (nSPS) is 14.1. The molecule has 0 saturated carbocycles. The van der Waals surface area contributed by atoms with Gasteiger partial charge in [0.25, 0.3) is 0 Å². The van der Waals surface area contributed by atoms with Gasteiger partial charge in [-0.05, 0) is 6.92 Å². The van der Waals surface area contributed by atoms with E-state index in [1.165, 1.54) is 6.92 Å². The smallest absolute Gasteiger partial charge is 0.395 e. The van der Waals surface area contributed by atoms with Gasteiger partial charge in [-0.3, -0.25) is 4.90 Å². The fraction of sp³-hybridized carbons (Fsp3) is 0.875. The molecule has 0 bridgehead atoms. The average Bonchev–Trinajstić information content (AvgIpc) is 2.01. The first-order chi connectivity index (χ1) is 6.40. The second kappa shape index (κ2) is 5.83. The Morgan fingerprint density at radius 3 is 2.43 bits per heavy atom. The summed E-state index contributed by atoms with van der Waals surface area (Å²) in [5.41, 5.74) is 0. The zero-order chi connectivity index (χ0) is 11.2. The lowest BCUT2D eigenvalue weighted by molar-refractivity contribution is -0.151. The minimum absolute atomic E-state index is 0.0239. The van der Waals surface area contributed by atoms with Gasteiger partial charge in [-0.1, -0.05) is 0 Å². The Bertz CT molecular complexity index is 200. The summed E-state index contributed by atoms with van der Waals surface area (Å²) in [5.74, 6) is 0. The van der Waals surface area contributed by atoms with E-state index in [4.69, 9.17) is 10.4 Å². The van der Waals surface area contributed by atoms with Crippen molar-refractivity contribution in [2.45, 2.75) is 25.6 Å². The van der Waals surface area contributed by atoms with Gasteiger partial charge >= 0.3 is 6.18 Å². The Labute approximate surface area is 80.7 Å². The largest absolute Gasteiger partial charge is 0.401 e. The first kappa shape index (κ1) is 13.2. The number of aliphatic hydroxyl groups is 1. The summed E-state index contributed by atoms with van der Waals surface area (Å²) in [5, 5.41) is 16.9. The molecule has 0 aromatic carbocycles. The van der Waals surface area contributed by atoms with E-state index in [0.717, 1.165) is 4.90 Å². The van der Waals surface area contributed by atoms with Crippen LogP contribution in [0.3, 0.4) is 0 Å². The molecule has 6 heteroatoms. The molecule has 0 rings (SSSR count). The topological polar surface area (TPSA) is 47.3 Å². The lowest BCUT2D eigenvalue weighted by Gasteiger charge is -2.27. The van der Waals surface area contributed by atoms with Crippen molar-refractivity contribution in [1.29, 1.82) is 5.26 Å². The lowest BCUT2D eigenvalue weighted by atomic mass is 10.2. The molecule has 0 aliphatic rings. The minimum Gasteiger partial charge on any atom is -0.395 e. The van der Waals surface area contributed by atoms with Crippen molar-refractivity contribution in [3.63, 3.8) is 0 Å². The van der Waals surface area contributed by atoms with Crippen LogP contribution in [-0.4, -0.2) is 41.9 Å². The molecule has 1 atom stereocenters. The van der Waals surface area contributed by atoms with Gasteiger partial charge in [0.1, 0.15) is 0 Å². The summed E-state index contributed by atoms with van der Waals surface area (Å²) >= 11 is 0. The third kappa shape index (κ3) is 5.78. The molecule has 3 nitrogen and oxygen atoms in total. The van der Waals surface area contributed by atoms with Gasteiger partial charge in [-0.25, -0.2) is 0 Å². The Hall–Kier alpha value is -0.800. The molecule has 1 N–H and O–H groups in total. The van der Waals surface area contributed by atoms with Gasteiger partial charge in [0.15, 0.2) is 0 Å². The van der Waals surface area contributed by atoms with Crippen molar-refractivity contribution in [2.24, 2.45) is 0 Å². The molecule has 82 valence electrons. The Morgan fingerprint density at radius 1 is 1.50 bits per heavy atom. The summed E-state index contributed by atoms with van der Waals surface area (Å²) in [4.78, 5) is 1.04. The molecule has 0 spiro atoms. The van der Waals surface area contributed by atoms with Crippen LogP contribution in [0.5, 0.6) is 0 Å². The Kier molecular flexibility index (Phi) is 5.50. The van der Waals surface area contributed by atoms with E-state index in [1.54, 1.807) is 6.07 Å². The van der Waals surface area contributed by atoms with E-state index >= 15 is 0 Å². The highest BCUT2D eigenvalue weighted by atomic mass is 19.4. The molecule has 0 heterocycles. The number of hydrogen-bond acceptors (Lipinski definition) is 3. The maximum absolute atomic E-state index is 12.0. The molecule has 0 amide bonds. The van der Waals surface area contributed by atoms with E-state index in [-0.39, 0.29) is 19.6 Å². The molecular weight excluding hydrogens is 197 g/mol. The van der Waals surface area contributed by atoms with Gasteiger partial charge < -0.3 is 5.11 Å². The zero-order valence-corrected chi connectivity index (χ0v) is 7.88. The molecule has 0 aliphatic heterocycles. The molecule has 0 aromatic rings. The summed E-state index contributed by atoms with van der Waals surface area (Å²) in [6.07, 6.45) is -4.27. The van der Waals surface area contributed by atoms with Crippen molar-refractivity contribution >= 4 is 0 Å². The summed E-state index contributed by atoms with van der Waals surface area (Å²) in [6, 6.07) is 1.31. The third-order valence-corrected chi connectivity index (χ3v) is 1.78. The van der Waals surface area contributed by atoms with Crippen molar-refractivity contribution in [3.8, 4) is 6.07 Å². The quantitative estimate of drug-likeness (QED) is 0.740. The fourth-order valence-electron chi connectivity index (χ4n) is 1.08. The number of aliphatic hydroxyl groups excluding tert-OH is 1. The van der Waals surface area contributed by atoms with E-state index in [2.05, 4.69) is 0 Å². The van der Waals surface area contributed by atoms with Crippen LogP contribution >= 0.6 is 0 Å². The van der Waals surface area contributed by atoms with E-state index < -0.39 is 18.8 Å². The van der Waals surface area contributed by atoms with Crippen molar-refractivity contribution < 1.29 is 18.3 Å². The van der Waals surface area contributed by atoms with Crippen molar-refractivity contribution in [3.05, 3.63) is 0 Å². The highest BCUT2D eigenvalue weighted by Gasteiger charge is 2.32. The lowest BCUT2D eigenvalue weighted by Crippen LogP contribution is -2.41. The second-order valence-electron chi connectivity index (χ2n) is 3.02. The number of rotatable bonds is 5. The Morgan fingerprint density at radius 2 is 2.07 bits per heavy atom. The molecule has 0 radical (unpaired) electrons. The highest BCUT2D eigenvalue weighted by Crippen LogP contribution is 2.18. The van der Waals surface area contributed by atoms with Gasteiger partial charge in [0.05, 0.1) is 25.6 Å². The third-order valence-electron chi connectivity index (χ3n) is 1.78.